The molecule has 4 heteroatoms. The van der Waals surface area contributed by atoms with Crippen LogP contribution in [0.15, 0.2) is 33.2 Å². The summed E-state index contributed by atoms with van der Waals surface area (Å²) in [6, 6.07) is 7.92. The first-order valence-electron chi connectivity index (χ1n) is 4.67. The number of ether oxygens (including phenoxy) is 2. The molecule has 0 aliphatic rings. The second-order valence-electron chi connectivity index (χ2n) is 3.26. The van der Waals surface area contributed by atoms with Gasteiger partial charge in [0, 0.05) is 10.8 Å². The van der Waals surface area contributed by atoms with E-state index in [-0.39, 0.29) is 0 Å². The average molecular weight is 346 g/mol. The standard InChI is InChI=1S/C12H10Br2O2/c1-15-11-7-3-6-10(14)12(16-2)8(7)4-5-9(11)13/h3-6H,1-2H3. The van der Waals surface area contributed by atoms with Gasteiger partial charge < -0.3 is 9.47 Å². The minimum atomic E-state index is 0.823. The number of hydrogen-bond acceptors (Lipinski definition) is 2. The predicted molar refractivity (Wildman–Crippen MR) is 72.5 cm³/mol. The third-order valence-electron chi connectivity index (χ3n) is 2.41. The van der Waals surface area contributed by atoms with Crippen LogP contribution in [0.1, 0.15) is 0 Å². The van der Waals surface area contributed by atoms with Gasteiger partial charge >= 0.3 is 0 Å². The normalized spacial score (nSPS) is 10.5. The van der Waals surface area contributed by atoms with E-state index in [0.717, 1.165) is 31.2 Å². The summed E-state index contributed by atoms with van der Waals surface area (Å²) in [6.07, 6.45) is 0. The molecule has 16 heavy (non-hydrogen) atoms. The van der Waals surface area contributed by atoms with Crippen LogP contribution in [0.4, 0.5) is 0 Å². The van der Waals surface area contributed by atoms with E-state index < -0.39 is 0 Å². The Bertz CT molecular complexity index is 489. The van der Waals surface area contributed by atoms with Crippen molar-refractivity contribution >= 4 is 42.6 Å². The average Bonchev–Trinajstić information content (AvgIpc) is 2.29. The summed E-state index contributed by atoms with van der Waals surface area (Å²) in [5.74, 6) is 1.65. The van der Waals surface area contributed by atoms with Crippen molar-refractivity contribution in [3.63, 3.8) is 0 Å². The van der Waals surface area contributed by atoms with Crippen molar-refractivity contribution < 1.29 is 9.47 Å². The minimum absolute atomic E-state index is 0.823. The molecule has 0 N–H and O–H groups in total. The Morgan fingerprint density at radius 1 is 0.750 bits per heavy atom. The van der Waals surface area contributed by atoms with Gasteiger partial charge in [0.2, 0.25) is 0 Å². The molecule has 0 aliphatic heterocycles. The van der Waals surface area contributed by atoms with E-state index in [1.165, 1.54) is 0 Å². The number of halogens is 2. The minimum Gasteiger partial charge on any atom is -0.495 e. The Morgan fingerprint density at radius 3 is 1.44 bits per heavy atom. The second-order valence-corrected chi connectivity index (χ2v) is 4.97. The molecule has 0 fully saturated rings. The molecule has 0 aliphatic carbocycles. The molecule has 2 nitrogen and oxygen atoms in total. The maximum atomic E-state index is 5.38. The summed E-state index contributed by atoms with van der Waals surface area (Å²) in [5, 5.41) is 2.05. The van der Waals surface area contributed by atoms with Crippen LogP contribution in [0.3, 0.4) is 0 Å². The van der Waals surface area contributed by atoms with Gasteiger partial charge in [0.15, 0.2) is 0 Å². The van der Waals surface area contributed by atoms with Crippen molar-refractivity contribution in [3.05, 3.63) is 33.2 Å². The molecular weight excluding hydrogens is 336 g/mol. The van der Waals surface area contributed by atoms with Gasteiger partial charge in [-0.05, 0) is 56.1 Å². The lowest BCUT2D eigenvalue weighted by Crippen LogP contribution is -1.90. The number of rotatable bonds is 2. The van der Waals surface area contributed by atoms with Crippen LogP contribution in [0.5, 0.6) is 11.5 Å². The molecule has 0 saturated heterocycles. The van der Waals surface area contributed by atoms with E-state index >= 15 is 0 Å². The van der Waals surface area contributed by atoms with E-state index in [0.29, 0.717) is 0 Å². The number of fused-ring (bicyclic) bond motifs is 1. The van der Waals surface area contributed by atoms with Gasteiger partial charge in [0.25, 0.3) is 0 Å². The molecule has 0 bridgehead atoms. The van der Waals surface area contributed by atoms with E-state index in [1.54, 1.807) is 14.2 Å². The van der Waals surface area contributed by atoms with Gasteiger partial charge in [-0.1, -0.05) is 0 Å². The van der Waals surface area contributed by atoms with E-state index in [9.17, 15) is 0 Å². The van der Waals surface area contributed by atoms with Gasteiger partial charge in [-0.25, -0.2) is 0 Å². The third kappa shape index (κ3) is 1.80. The highest BCUT2D eigenvalue weighted by Gasteiger charge is 2.11. The molecule has 2 rings (SSSR count). The molecule has 2 aromatic carbocycles. The zero-order valence-corrected chi connectivity index (χ0v) is 12.1. The Morgan fingerprint density at radius 2 is 1.12 bits per heavy atom. The van der Waals surface area contributed by atoms with Crippen molar-refractivity contribution in [1.29, 1.82) is 0 Å². The Hall–Kier alpha value is -0.740. The third-order valence-corrected chi connectivity index (χ3v) is 3.66. The highest BCUT2D eigenvalue weighted by Crippen LogP contribution is 2.40. The van der Waals surface area contributed by atoms with E-state index in [1.807, 2.05) is 24.3 Å². The second kappa shape index (κ2) is 4.63. The maximum Gasteiger partial charge on any atom is 0.140 e. The summed E-state index contributed by atoms with van der Waals surface area (Å²) in [6.45, 7) is 0. The van der Waals surface area contributed by atoms with Crippen molar-refractivity contribution in [2.45, 2.75) is 0 Å². The van der Waals surface area contributed by atoms with Crippen LogP contribution in [-0.2, 0) is 0 Å². The molecule has 0 saturated carbocycles. The van der Waals surface area contributed by atoms with Crippen LogP contribution < -0.4 is 9.47 Å². The number of methoxy groups -OCH3 is 2. The summed E-state index contributed by atoms with van der Waals surface area (Å²) >= 11 is 6.93. The van der Waals surface area contributed by atoms with Crippen molar-refractivity contribution in [2.24, 2.45) is 0 Å². The Labute approximate surface area is 111 Å². The summed E-state index contributed by atoms with van der Waals surface area (Å²) < 4.78 is 12.6. The fraction of sp³-hybridized carbons (Fsp3) is 0.167. The van der Waals surface area contributed by atoms with Crippen LogP contribution >= 0.6 is 31.9 Å². The monoisotopic (exact) mass is 344 g/mol. The first kappa shape index (κ1) is 11.7. The quantitative estimate of drug-likeness (QED) is 0.804. The molecule has 0 aromatic heterocycles. The molecule has 84 valence electrons. The smallest absolute Gasteiger partial charge is 0.140 e. The predicted octanol–water partition coefficient (Wildman–Crippen LogP) is 4.38. The molecule has 0 atom stereocenters. The number of benzene rings is 2. The van der Waals surface area contributed by atoms with Gasteiger partial charge in [0.05, 0.1) is 23.2 Å². The summed E-state index contributed by atoms with van der Waals surface area (Å²) in [5.41, 5.74) is 0. The van der Waals surface area contributed by atoms with Crippen LogP contribution in [0.2, 0.25) is 0 Å². The first-order valence-corrected chi connectivity index (χ1v) is 6.26. The van der Waals surface area contributed by atoms with E-state index in [2.05, 4.69) is 31.9 Å². The van der Waals surface area contributed by atoms with Gasteiger partial charge in [-0.2, -0.15) is 0 Å². The van der Waals surface area contributed by atoms with Gasteiger partial charge in [-0.15, -0.1) is 0 Å². The van der Waals surface area contributed by atoms with Gasteiger partial charge in [-0.3, -0.25) is 0 Å². The van der Waals surface area contributed by atoms with Gasteiger partial charge in [0.1, 0.15) is 11.5 Å². The van der Waals surface area contributed by atoms with Crippen molar-refractivity contribution in [3.8, 4) is 11.5 Å². The molecule has 2 aromatic rings. The van der Waals surface area contributed by atoms with E-state index in [4.69, 9.17) is 9.47 Å². The highest BCUT2D eigenvalue weighted by molar-refractivity contribution is 9.11. The van der Waals surface area contributed by atoms with Crippen LogP contribution in [0, 0.1) is 0 Å². The zero-order valence-electron chi connectivity index (χ0n) is 8.88. The Kier molecular flexibility index (Phi) is 3.40. The first-order chi connectivity index (χ1) is 7.69. The summed E-state index contributed by atoms with van der Waals surface area (Å²) in [7, 11) is 3.32. The Balaban J connectivity index is 2.87. The lowest BCUT2D eigenvalue weighted by atomic mass is 10.1. The maximum absolute atomic E-state index is 5.38. The molecule has 0 radical (unpaired) electrons. The lowest BCUT2D eigenvalue weighted by Gasteiger charge is -2.12. The van der Waals surface area contributed by atoms with Crippen LogP contribution in [-0.4, -0.2) is 14.2 Å². The topological polar surface area (TPSA) is 18.5 Å². The molecule has 0 spiro atoms. The SMILES string of the molecule is COc1c(Br)ccc2c(OC)c(Br)ccc12. The van der Waals surface area contributed by atoms with Crippen molar-refractivity contribution in [1.82, 2.24) is 0 Å². The molecular formula is C12H10Br2O2. The molecule has 0 heterocycles. The number of hydrogen-bond donors (Lipinski definition) is 0. The largest absolute Gasteiger partial charge is 0.495 e. The summed E-state index contributed by atoms with van der Waals surface area (Å²) in [4.78, 5) is 0. The zero-order chi connectivity index (χ0) is 11.7. The van der Waals surface area contributed by atoms with Crippen molar-refractivity contribution in [2.75, 3.05) is 14.2 Å². The highest BCUT2D eigenvalue weighted by atomic mass is 79.9. The lowest BCUT2D eigenvalue weighted by molar-refractivity contribution is 0.412. The van der Waals surface area contributed by atoms with Crippen LogP contribution in [0.25, 0.3) is 10.8 Å². The molecule has 0 amide bonds. The fourth-order valence-electron chi connectivity index (χ4n) is 1.71. The fourth-order valence-corrected chi connectivity index (χ4v) is 2.73. The molecule has 0 unspecified atom stereocenters.